The Morgan fingerprint density at radius 3 is 2.38 bits per heavy atom. The van der Waals surface area contributed by atoms with E-state index in [9.17, 15) is 0 Å². The van der Waals surface area contributed by atoms with Gasteiger partial charge in [-0.1, -0.05) is 6.07 Å². The summed E-state index contributed by atoms with van der Waals surface area (Å²) in [6, 6.07) is 9.19. The van der Waals surface area contributed by atoms with Gasteiger partial charge in [0.15, 0.2) is 0 Å². The molecular formula is C12H12N2O2. The van der Waals surface area contributed by atoms with Gasteiger partial charge in [0.2, 0.25) is 0 Å². The van der Waals surface area contributed by atoms with Crippen LogP contribution in [0.2, 0.25) is 0 Å². The van der Waals surface area contributed by atoms with E-state index in [4.69, 9.17) is 20.0 Å². The number of hydrogen-bond acceptors (Lipinski definition) is 4. The summed E-state index contributed by atoms with van der Waals surface area (Å²) in [6.45, 7) is 0. The molecule has 1 aromatic rings. The van der Waals surface area contributed by atoms with Crippen LogP contribution in [0, 0.1) is 28.6 Å². The first-order chi connectivity index (χ1) is 7.74. The SMILES string of the molecule is COc1ccc(CC(C#N)C#N)c(OC)c1. The number of benzene rings is 1. The molecule has 0 saturated carbocycles. The van der Waals surface area contributed by atoms with Gasteiger partial charge in [0, 0.05) is 12.5 Å². The van der Waals surface area contributed by atoms with Crippen molar-refractivity contribution in [2.75, 3.05) is 14.2 Å². The van der Waals surface area contributed by atoms with Crippen LogP contribution < -0.4 is 9.47 Å². The Kier molecular flexibility index (Phi) is 4.17. The third-order valence-electron chi connectivity index (χ3n) is 2.23. The predicted molar refractivity (Wildman–Crippen MR) is 58.0 cm³/mol. The topological polar surface area (TPSA) is 66.0 Å². The van der Waals surface area contributed by atoms with Crippen molar-refractivity contribution in [3.05, 3.63) is 23.8 Å². The first-order valence-corrected chi connectivity index (χ1v) is 4.75. The molecule has 0 bridgehead atoms. The van der Waals surface area contributed by atoms with Crippen LogP contribution in [0.5, 0.6) is 11.5 Å². The zero-order valence-corrected chi connectivity index (χ0v) is 9.23. The molecule has 1 aromatic carbocycles. The molecule has 1 rings (SSSR count). The third kappa shape index (κ3) is 2.65. The van der Waals surface area contributed by atoms with Gasteiger partial charge < -0.3 is 9.47 Å². The number of hydrogen-bond donors (Lipinski definition) is 0. The minimum atomic E-state index is -0.651. The van der Waals surface area contributed by atoms with Gasteiger partial charge in [0.05, 0.1) is 26.4 Å². The minimum Gasteiger partial charge on any atom is -0.497 e. The highest BCUT2D eigenvalue weighted by molar-refractivity contribution is 5.41. The highest BCUT2D eigenvalue weighted by Crippen LogP contribution is 2.26. The van der Waals surface area contributed by atoms with Gasteiger partial charge in [-0.25, -0.2) is 0 Å². The highest BCUT2D eigenvalue weighted by Gasteiger charge is 2.11. The van der Waals surface area contributed by atoms with Crippen LogP contribution in [0.15, 0.2) is 18.2 Å². The minimum absolute atomic E-state index is 0.361. The lowest BCUT2D eigenvalue weighted by atomic mass is 10.0. The molecule has 0 saturated heterocycles. The Balaban J connectivity index is 2.97. The van der Waals surface area contributed by atoms with Gasteiger partial charge in [-0.3, -0.25) is 0 Å². The van der Waals surface area contributed by atoms with E-state index in [1.54, 1.807) is 32.4 Å². The van der Waals surface area contributed by atoms with Crippen molar-refractivity contribution in [2.24, 2.45) is 5.92 Å². The Hall–Kier alpha value is -2.20. The maximum atomic E-state index is 8.71. The van der Waals surface area contributed by atoms with Crippen LogP contribution in [0.4, 0.5) is 0 Å². The fourth-order valence-electron chi connectivity index (χ4n) is 1.36. The molecule has 0 aromatic heterocycles. The molecule has 16 heavy (non-hydrogen) atoms. The summed E-state index contributed by atoms with van der Waals surface area (Å²) in [5.41, 5.74) is 0.830. The maximum Gasteiger partial charge on any atom is 0.137 e. The van der Waals surface area contributed by atoms with E-state index < -0.39 is 5.92 Å². The Bertz CT molecular complexity index is 429. The number of rotatable bonds is 4. The molecule has 0 aliphatic heterocycles. The second kappa shape index (κ2) is 5.63. The molecule has 0 heterocycles. The van der Waals surface area contributed by atoms with E-state index in [2.05, 4.69) is 0 Å². The summed E-state index contributed by atoms with van der Waals surface area (Å²) >= 11 is 0. The van der Waals surface area contributed by atoms with Gasteiger partial charge in [0.1, 0.15) is 17.4 Å². The lowest BCUT2D eigenvalue weighted by molar-refractivity contribution is 0.390. The Labute approximate surface area is 94.6 Å². The summed E-state index contributed by atoms with van der Waals surface area (Å²) in [6.07, 6.45) is 0.361. The van der Waals surface area contributed by atoms with Gasteiger partial charge in [-0.2, -0.15) is 10.5 Å². The fraction of sp³-hybridized carbons (Fsp3) is 0.333. The van der Waals surface area contributed by atoms with Crippen LogP contribution in [-0.2, 0) is 6.42 Å². The molecule has 82 valence electrons. The normalized spacial score (nSPS) is 9.31. The summed E-state index contributed by atoms with van der Waals surface area (Å²) in [5, 5.41) is 17.4. The van der Waals surface area contributed by atoms with Crippen LogP contribution in [0.25, 0.3) is 0 Å². The monoisotopic (exact) mass is 216 g/mol. The zero-order valence-electron chi connectivity index (χ0n) is 9.23. The summed E-state index contributed by atoms with van der Waals surface area (Å²) < 4.78 is 10.2. The molecule has 4 heteroatoms. The molecule has 0 spiro atoms. The Morgan fingerprint density at radius 1 is 1.19 bits per heavy atom. The van der Waals surface area contributed by atoms with E-state index in [0.29, 0.717) is 17.9 Å². The zero-order chi connectivity index (χ0) is 12.0. The van der Waals surface area contributed by atoms with Crippen molar-refractivity contribution < 1.29 is 9.47 Å². The Morgan fingerprint density at radius 2 is 1.88 bits per heavy atom. The molecule has 0 amide bonds. The number of ether oxygens (including phenoxy) is 2. The largest absolute Gasteiger partial charge is 0.497 e. The highest BCUT2D eigenvalue weighted by atomic mass is 16.5. The van der Waals surface area contributed by atoms with E-state index in [1.807, 2.05) is 12.1 Å². The van der Waals surface area contributed by atoms with Crippen molar-refractivity contribution in [3.8, 4) is 23.6 Å². The second-order valence-electron chi connectivity index (χ2n) is 3.19. The summed E-state index contributed by atoms with van der Waals surface area (Å²) in [7, 11) is 3.12. The average Bonchev–Trinajstić information content (AvgIpc) is 2.35. The molecule has 0 aliphatic carbocycles. The van der Waals surface area contributed by atoms with Gasteiger partial charge in [-0.05, 0) is 11.6 Å². The molecule has 4 nitrogen and oxygen atoms in total. The van der Waals surface area contributed by atoms with E-state index >= 15 is 0 Å². The van der Waals surface area contributed by atoms with Crippen molar-refractivity contribution in [1.82, 2.24) is 0 Å². The van der Waals surface area contributed by atoms with Crippen LogP contribution in [0.3, 0.4) is 0 Å². The van der Waals surface area contributed by atoms with Crippen LogP contribution >= 0.6 is 0 Å². The lowest BCUT2D eigenvalue weighted by Gasteiger charge is -2.10. The van der Waals surface area contributed by atoms with Gasteiger partial charge >= 0.3 is 0 Å². The summed E-state index contributed by atoms with van der Waals surface area (Å²) in [5.74, 6) is 0.670. The molecular weight excluding hydrogens is 204 g/mol. The molecule has 0 unspecified atom stereocenters. The first-order valence-electron chi connectivity index (χ1n) is 4.75. The smallest absolute Gasteiger partial charge is 0.137 e. The van der Waals surface area contributed by atoms with Crippen molar-refractivity contribution in [3.63, 3.8) is 0 Å². The van der Waals surface area contributed by atoms with Gasteiger partial charge in [-0.15, -0.1) is 0 Å². The van der Waals surface area contributed by atoms with Crippen LogP contribution in [0.1, 0.15) is 5.56 Å². The first kappa shape index (κ1) is 11.9. The second-order valence-corrected chi connectivity index (χ2v) is 3.19. The predicted octanol–water partition coefficient (Wildman–Crippen LogP) is 1.91. The third-order valence-corrected chi connectivity index (χ3v) is 2.23. The van der Waals surface area contributed by atoms with Crippen molar-refractivity contribution >= 4 is 0 Å². The quantitative estimate of drug-likeness (QED) is 0.771. The fourth-order valence-corrected chi connectivity index (χ4v) is 1.36. The van der Waals surface area contributed by atoms with Crippen LogP contribution in [-0.4, -0.2) is 14.2 Å². The number of nitriles is 2. The molecule has 0 radical (unpaired) electrons. The number of methoxy groups -OCH3 is 2. The molecule has 0 N–H and O–H groups in total. The lowest BCUT2D eigenvalue weighted by Crippen LogP contribution is -2.01. The van der Waals surface area contributed by atoms with E-state index in [-0.39, 0.29) is 0 Å². The standard InChI is InChI=1S/C12H12N2O2/c1-15-11-4-3-10(12(6-11)16-2)5-9(7-13)8-14/h3-4,6,9H,5H2,1-2H3. The summed E-state index contributed by atoms with van der Waals surface area (Å²) in [4.78, 5) is 0. The van der Waals surface area contributed by atoms with Gasteiger partial charge in [0.25, 0.3) is 0 Å². The number of nitrogens with zero attached hydrogens (tertiary/aromatic N) is 2. The van der Waals surface area contributed by atoms with Crippen molar-refractivity contribution in [2.45, 2.75) is 6.42 Å². The molecule has 0 fully saturated rings. The van der Waals surface area contributed by atoms with E-state index in [1.165, 1.54) is 0 Å². The molecule has 0 aliphatic rings. The average molecular weight is 216 g/mol. The molecule has 0 atom stereocenters. The van der Waals surface area contributed by atoms with Crippen molar-refractivity contribution in [1.29, 1.82) is 10.5 Å². The maximum absolute atomic E-state index is 8.71. The van der Waals surface area contributed by atoms with E-state index in [0.717, 1.165) is 5.56 Å².